The maximum absolute atomic E-state index is 13.8. The van der Waals surface area contributed by atoms with Gasteiger partial charge in [-0.15, -0.1) is 0 Å². The molecule has 0 radical (unpaired) electrons. The molecule has 5 heteroatoms. The highest BCUT2D eigenvalue weighted by Gasteiger charge is 2.64. The molecule has 0 unspecified atom stereocenters. The number of anilines is 1. The summed E-state index contributed by atoms with van der Waals surface area (Å²) >= 11 is 3.18. The minimum Gasteiger partial charge on any atom is -0.369 e. The van der Waals surface area contributed by atoms with E-state index in [4.69, 9.17) is 5.73 Å². The van der Waals surface area contributed by atoms with Gasteiger partial charge in [0.15, 0.2) is 0 Å². The minimum absolute atomic E-state index is 0.268. The molecule has 3 rings (SSSR count). The van der Waals surface area contributed by atoms with Gasteiger partial charge < -0.3 is 10.3 Å². The van der Waals surface area contributed by atoms with Crippen LogP contribution in [0.4, 0.5) is 10.3 Å². The predicted molar refractivity (Wildman–Crippen MR) is 82.9 cm³/mol. The summed E-state index contributed by atoms with van der Waals surface area (Å²) in [5, 5.41) is 0. The number of hydrogen-bond donors (Lipinski definition) is 1. The molecule has 2 aromatic rings. The van der Waals surface area contributed by atoms with E-state index in [0.717, 1.165) is 17.6 Å². The van der Waals surface area contributed by atoms with Crippen molar-refractivity contribution < 1.29 is 4.39 Å². The predicted octanol–water partition coefficient (Wildman–Crippen LogP) is 4.20. The van der Waals surface area contributed by atoms with Crippen molar-refractivity contribution in [2.45, 2.75) is 34.2 Å². The molecule has 2 N–H and O–H groups in total. The van der Waals surface area contributed by atoms with Crippen LogP contribution in [0.5, 0.6) is 0 Å². The number of nitrogens with zero attached hydrogens (tertiary/aromatic N) is 2. The molecule has 0 saturated heterocycles. The zero-order valence-corrected chi connectivity index (χ0v) is 13.8. The largest absolute Gasteiger partial charge is 0.369 e. The van der Waals surface area contributed by atoms with Gasteiger partial charge in [0.1, 0.15) is 5.82 Å². The minimum atomic E-state index is -0.284. The number of nitrogens with two attached hydrogens (primary N) is 1. The number of benzene rings is 1. The average Bonchev–Trinajstić information content (AvgIpc) is 2.60. The van der Waals surface area contributed by atoms with Crippen molar-refractivity contribution in [3.05, 3.63) is 22.4 Å². The van der Waals surface area contributed by atoms with E-state index in [-0.39, 0.29) is 16.6 Å². The fourth-order valence-corrected chi connectivity index (χ4v) is 3.63. The Balaban J connectivity index is 2.05. The van der Waals surface area contributed by atoms with Crippen LogP contribution in [0.3, 0.4) is 0 Å². The van der Waals surface area contributed by atoms with Gasteiger partial charge in [0.2, 0.25) is 5.95 Å². The van der Waals surface area contributed by atoms with Crippen molar-refractivity contribution in [2.24, 2.45) is 16.7 Å². The first kappa shape index (κ1) is 13.9. The quantitative estimate of drug-likeness (QED) is 0.890. The van der Waals surface area contributed by atoms with Crippen molar-refractivity contribution in [1.29, 1.82) is 0 Å². The first-order valence-corrected chi connectivity index (χ1v) is 7.56. The summed E-state index contributed by atoms with van der Waals surface area (Å²) in [7, 11) is 0. The first-order valence-electron chi connectivity index (χ1n) is 6.77. The molecule has 0 atom stereocenters. The maximum Gasteiger partial charge on any atom is 0.201 e. The van der Waals surface area contributed by atoms with Crippen LogP contribution in [0, 0.1) is 22.6 Å². The molecule has 108 valence electrons. The van der Waals surface area contributed by atoms with E-state index in [0.29, 0.717) is 16.3 Å². The van der Waals surface area contributed by atoms with Crippen LogP contribution >= 0.6 is 15.9 Å². The van der Waals surface area contributed by atoms with Crippen LogP contribution < -0.4 is 5.73 Å². The summed E-state index contributed by atoms with van der Waals surface area (Å²) in [6.45, 7) is 9.85. The molecule has 1 saturated carbocycles. The molecule has 0 amide bonds. The molecule has 1 aromatic carbocycles. The SMILES string of the molecule is CC1(C)C(Cn2c(N)nc3cc(Br)c(F)cc32)C1(C)C. The molecule has 1 aliphatic rings. The van der Waals surface area contributed by atoms with Gasteiger partial charge in [-0.25, -0.2) is 9.37 Å². The summed E-state index contributed by atoms with van der Waals surface area (Å²) in [6, 6.07) is 3.19. The number of hydrogen-bond acceptors (Lipinski definition) is 2. The Hall–Kier alpha value is -1.10. The third-order valence-corrected chi connectivity index (χ3v) is 6.11. The highest BCUT2D eigenvalue weighted by molar-refractivity contribution is 9.10. The molecule has 0 aliphatic heterocycles. The van der Waals surface area contributed by atoms with Crippen molar-refractivity contribution in [1.82, 2.24) is 9.55 Å². The molecule has 0 spiro atoms. The number of imidazole rings is 1. The van der Waals surface area contributed by atoms with E-state index in [1.54, 1.807) is 6.07 Å². The van der Waals surface area contributed by atoms with Crippen LogP contribution in [-0.2, 0) is 6.54 Å². The molecule has 1 aromatic heterocycles. The summed E-state index contributed by atoms with van der Waals surface area (Å²) < 4.78 is 16.1. The monoisotopic (exact) mass is 339 g/mol. The normalized spacial score (nSPS) is 20.5. The van der Waals surface area contributed by atoms with Crippen LogP contribution in [-0.4, -0.2) is 9.55 Å². The van der Waals surface area contributed by atoms with E-state index in [2.05, 4.69) is 48.6 Å². The summed E-state index contributed by atoms with van der Waals surface area (Å²) in [4.78, 5) is 4.34. The molecule has 1 fully saturated rings. The number of halogens is 2. The zero-order valence-electron chi connectivity index (χ0n) is 12.2. The summed E-state index contributed by atoms with van der Waals surface area (Å²) in [5.41, 5.74) is 8.05. The second kappa shape index (κ2) is 3.97. The Morgan fingerprint density at radius 3 is 2.45 bits per heavy atom. The van der Waals surface area contributed by atoms with Gasteiger partial charge in [-0.05, 0) is 38.7 Å². The van der Waals surface area contributed by atoms with Crippen molar-refractivity contribution >= 4 is 32.9 Å². The lowest BCUT2D eigenvalue weighted by Crippen LogP contribution is -2.08. The second-order valence-electron chi connectivity index (χ2n) is 6.83. The van der Waals surface area contributed by atoms with E-state index in [9.17, 15) is 4.39 Å². The summed E-state index contributed by atoms with van der Waals surface area (Å²) in [6.07, 6.45) is 0. The number of aromatic nitrogens is 2. The number of nitrogen functional groups attached to an aromatic ring is 1. The Kier molecular flexibility index (Phi) is 2.75. The molecule has 1 heterocycles. The number of fused-ring (bicyclic) bond motifs is 1. The Morgan fingerprint density at radius 2 is 1.90 bits per heavy atom. The van der Waals surface area contributed by atoms with E-state index >= 15 is 0 Å². The smallest absolute Gasteiger partial charge is 0.201 e. The van der Waals surface area contributed by atoms with E-state index in [1.807, 2.05) is 4.57 Å². The average molecular weight is 340 g/mol. The lowest BCUT2D eigenvalue weighted by atomic mass is 10.0. The van der Waals surface area contributed by atoms with Crippen LogP contribution in [0.25, 0.3) is 11.0 Å². The van der Waals surface area contributed by atoms with E-state index in [1.165, 1.54) is 6.07 Å². The molecule has 20 heavy (non-hydrogen) atoms. The lowest BCUT2D eigenvalue weighted by molar-refractivity contribution is 0.457. The van der Waals surface area contributed by atoms with Gasteiger partial charge in [0.25, 0.3) is 0 Å². The van der Waals surface area contributed by atoms with Gasteiger partial charge >= 0.3 is 0 Å². The summed E-state index contributed by atoms with van der Waals surface area (Å²) in [5.74, 6) is 0.686. The Bertz CT molecular complexity index is 689. The van der Waals surface area contributed by atoms with Crippen LogP contribution in [0.1, 0.15) is 27.7 Å². The standard InChI is InChI=1S/C15H19BrFN3/c1-14(2)12(15(14,3)4)7-20-11-6-9(17)8(16)5-10(11)19-13(20)18/h5-6,12H,7H2,1-4H3,(H2,18,19). The van der Waals surface area contributed by atoms with E-state index < -0.39 is 0 Å². The second-order valence-corrected chi connectivity index (χ2v) is 7.69. The topological polar surface area (TPSA) is 43.8 Å². The third kappa shape index (κ3) is 1.72. The molecular formula is C15H19BrFN3. The lowest BCUT2D eigenvalue weighted by Gasteiger charge is -2.08. The van der Waals surface area contributed by atoms with Crippen molar-refractivity contribution in [3.63, 3.8) is 0 Å². The van der Waals surface area contributed by atoms with Gasteiger partial charge in [-0.1, -0.05) is 27.7 Å². The fourth-order valence-electron chi connectivity index (χ4n) is 3.30. The molecule has 0 bridgehead atoms. The first-order chi connectivity index (χ1) is 9.16. The Morgan fingerprint density at radius 1 is 1.30 bits per heavy atom. The maximum atomic E-state index is 13.8. The van der Waals surface area contributed by atoms with Gasteiger partial charge in [0.05, 0.1) is 15.5 Å². The molecule has 3 nitrogen and oxygen atoms in total. The number of rotatable bonds is 2. The third-order valence-electron chi connectivity index (χ3n) is 5.50. The molecular weight excluding hydrogens is 321 g/mol. The van der Waals surface area contributed by atoms with Gasteiger partial charge in [-0.2, -0.15) is 0 Å². The highest BCUT2D eigenvalue weighted by Crippen LogP contribution is 2.69. The zero-order chi connectivity index (χ0) is 14.9. The van der Waals surface area contributed by atoms with Crippen molar-refractivity contribution in [3.8, 4) is 0 Å². The van der Waals surface area contributed by atoms with Crippen LogP contribution in [0.2, 0.25) is 0 Å². The van der Waals surface area contributed by atoms with Crippen LogP contribution in [0.15, 0.2) is 16.6 Å². The van der Waals surface area contributed by atoms with Crippen molar-refractivity contribution in [2.75, 3.05) is 5.73 Å². The fraction of sp³-hybridized carbons (Fsp3) is 0.533. The highest BCUT2D eigenvalue weighted by atomic mass is 79.9. The molecule has 1 aliphatic carbocycles. The van der Waals surface area contributed by atoms with Gasteiger partial charge in [-0.3, -0.25) is 0 Å². The van der Waals surface area contributed by atoms with Gasteiger partial charge in [0, 0.05) is 12.6 Å². The Labute approximate surface area is 126 Å².